The lowest BCUT2D eigenvalue weighted by atomic mass is 9.98. The smallest absolute Gasteiger partial charge is 0.252 e. The first-order valence-corrected chi connectivity index (χ1v) is 14.2. The van der Waals surface area contributed by atoms with Gasteiger partial charge in [0.15, 0.2) is 0 Å². The molecule has 204 valence electrons. The molecule has 1 amide bonds. The third kappa shape index (κ3) is 7.43. The van der Waals surface area contributed by atoms with Crippen LogP contribution in [-0.2, 0) is 16.4 Å². The van der Waals surface area contributed by atoms with Crippen molar-refractivity contribution in [2.45, 2.75) is 51.2 Å². The molecule has 2 N–H and O–H groups in total. The molecule has 2 atom stereocenters. The molecular weight excluding hydrogens is 500 g/mol. The fourth-order valence-electron chi connectivity index (χ4n) is 4.48. The summed E-state index contributed by atoms with van der Waals surface area (Å²) in [6, 6.07) is 20.6. The summed E-state index contributed by atoms with van der Waals surface area (Å²) in [4.78, 5) is 13.5. The van der Waals surface area contributed by atoms with Crippen molar-refractivity contribution in [3.63, 3.8) is 0 Å². The number of amides is 1. The monoisotopic (exact) mass is 538 g/mol. The van der Waals surface area contributed by atoms with E-state index in [0.717, 1.165) is 16.7 Å². The van der Waals surface area contributed by atoms with Crippen molar-refractivity contribution >= 4 is 15.9 Å². The van der Waals surface area contributed by atoms with Crippen molar-refractivity contribution in [3.8, 4) is 5.75 Å². The minimum atomic E-state index is -3.91. The molecule has 0 aliphatic carbocycles. The maximum absolute atomic E-state index is 13.6. The van der Waals surface area contributed by atoms with Crippen LogP contribution in [0.5, 0.6) is 5.75 Å². The van der Waals surface area contributed by atoms with E-state index in [1.807, 2.05) is 76.2 Å². The van der Waals surface area contributed by atoms with E-state index in [0.29, 0.717) is 17.7 Å². The van der Waals surface area contributed by atoms with E-state index in [1.54, 1.807) is 12.1 Å². The third-order valence-corrected chi connectivity index (χ3v) is 8.29. The van der Waals surface area contributed by atoms with E-state index in [1.165, 1.54) is 23.5 Å². The Hall–Kier alpha value is -3.20. The summed E-state index contributed by atoms with van der Waals surface area (Å²) in [5, 5.41) is 14.4. The first kappa shape index (κ1) is 29.4. The van der Waals surface area contributed by atoms with Crippen LogP contribution in [-0.4, -0.2) is 56.1 Å². The standard InChI is InChI=1S/C30H38N2O5S/c1-21(2)19-32(38(35,36)26-16-14-25(37-5)15-17-26)20-28(33)27(18-24-12-7-6-8-13-24)31-30(34)29-22(3)10-9-11-23(29)4/h6-17,21,27-28,33H,18-20H2,1-5H3,(H,31,34)/t27-,28?/m0/s1. The van der Waals surface area contributed by atoms with Crippen LogP contribution in [0.3, 0.4) is 0 Å². The second kappa shape index (κ2) is 13.0. The Morgan fingerprint density at radius 3 is 2.08 bits per heavy atom. The predicted octanol–water partition coefficient (Wildman–Crippen LogP) is 4.36. The van der Waals surface area contributed by atoms with E-state index < -0.39 is 22.2 Å². The molecule has 0 aliphatic heterocycles. The topological polar surface area (TPSA) is 95.9 Å². The molecule has 0 radical (unpaired) electrons. The highest BCUT2D eigenvalue weighted by Gasteiger charge is 2.31. The Morgan fingerprint density at radius 1 is 0.921 bits per heavy atom. The zero-order valence-corrected chi connectivity index (χ0v) is 23.5. The lowest BCUT2D eigenvalue weighted by Gasteiger charge is -2.31. The van der Waals surface area contributed by atoms with Crippen LogP contribution >= 0.6 is 0 Å². The van der Waals surface area contributed by atoms with Gasteiger partial charge in [-0.25, -0.2) is 8.42 Å². The number of aryl methyl sites for hydroxylation is 2. The van der Waals surface area contributed by atoms with Gasteiger partial charge in [0.05, 0.1) is 24.2 Å². The number of nitrogens with zero attached hydrogens (tertiary/aromatic N) is 1. The molecule has 0 aromatic heterocycles. The Bertz CT molecular complexity index is 1290. The molecule has 3 rings (SSSR count). The van der Waals surface area contributed by atoms with Gasteiger partial charge in [0.2, 0.25) is 10.0 Å². The number of ether oxygens (including phenoxy) is 1. The molecular formula is C30H38N2O5S. The summed E-state index contributed by atoms with van der Waals surface area (Å²) < 4.78 is 33.7. The molecule has 0 heterocycles. The van der Waals surface area contributed by atoms with Gasteiger partial charge in [-0.05, 0) is 67.1 Å². The van der Waals surface area contributed by atoms with Gasteiger partial charge in [-0.1, -0.05) is 62.4 Å². The quantitative estimate of drug-likeness (QED) is 0.357. The lowest BCUT2D eigenvalue weighted by molar-refractivity contribution is 0.0775. The summed E-state index contributed by atoms with van der Waals surface area (Å²) in [7, 11) is -2.39. The summed E-state index contributed by atoms with van der Waals surface area (Å²) in [6.45, 7) is 7.64. The van der Waals surface area contributed by atoms with Gasteiger partial charge in [0.1, 0.15) is 5.75 Å². The number of hydrogen-bond acceptors (Lipinski definition) is 5. The van der Waals surface area contributed by atoms with E-state index in [-0.39, 0.29) is 29.8 Å². The fourth-order valence-corrected chi connectivity index (χ4v) is 6.10. The Kier molecular flexibility index (Phi) is 10.1. The number of carbonyl (C=O) groups excluding carboxylic acids is 1. The van der Waals surface area contributed by atoms with Crippen LogP contribution in [0.2, 0.25) is 0 Å². The minimum Gasteiger partial charge on any atom is -0.497 e. The van der Waals surface area contributed by atoms with E-state index in [9.17, 15) is 18.3 Å². The van der Waals surface area contributed by atoms with Gasteiger partial charge in [0.25, 0.3) is 5.91 Å². The number of carbonyl (C=O) groups is 1. The largest absolute Gasteiger partial charge is 0.497 e. The molecule has 38 heavy (non-hydrogen) atoms. The number of methoxy groups -OCH3 is 1. The molecule has 0 fully saturated rings. The molecule has 0 aliphatic rings. The van der Waals surface area contributed by atoms with Crippen molar-refractivity contribution in [1.29, 1.82) is 0 Å². The maximum atomic E-state index is 13.6. The summed E-state index contributed by atoms with van der Waals surface area (Å²) >= 11 is 0. The number of sulfonamides is 1. The zero-order valence-electron chi connectivity index (χ0n) is 22.7. The van der Waals surface area contributed by atoms with Gasteiger partial charge in [-0.2, -0.15) is 4.31 Å². The highest BCUT2D eigenvalue weighted by Crippen LogP contribution is 2.22. The van der Waals surface area contributed by atoms with Crippen LogP contribution in [0.25, 0.3) is 0 Å². The highest BCUT2D eigenvalue weighted by molar-refractivity contribution is 7.89. The van der Waals surface area contributed by atoms with Gasteiger partial charge >= 0.3 is 0 Å². The Balaban J connectivity index is 1.91. The van der Waals surface area contributed by atoms with Crippen molar-refractivity contribution < 1.29 is 23.1 Å². The van der Waals surface area contributed by atoms with Gasteiger partial charge in [0, 0.05) is 18.7 Å². The molecule has 0 bridgehead atoms. The van der Waals surface area contributed by atoms with E-state index in [2.05, 4.69) is 5.32 Å². The summed E-state index contributed by atoms with van der Waals surface area (Å²) in [6.07, 6.45) is -0.813. The van der Waals surface area contributed by atoms with Crippen molar-refractivity contribution in [2.24, 2.45) is 5.92 Å². The molecule has 7 nitrogen and oxygen atoms in total. The molecule has 3 aromatic rings. The first-order chi connectivity index (χ1) is 18.0. The van der Waals surface area contributed by atoms with Crippen molar-refractivity contribution in [1.82, 2.24) is 9.62 Å². The average Bonchev–Trinajstić information content (AvgIpc) is 2.88. The zero-order chi connectivity index (χ0) is 27.9. The predicted molar refractivity (Wildman–Crippen MR) is 150 cm³/mol. The van der Waals surface area contributed by atoms with Crippen LogP contribution in [0.4, 0.5) is 0 Å². The van der Waals surface area contributed by atoms with Crippen LogP contribution in [0.15, 0.2) is 77.7 Å². The Labute approximate surface area is 226 Å². The van der Waals surface area contributed by atoms with Crippen molar-refractivity contribution in [2.75, 3.05) is 20.2 Å². The summed E-state index contributed by atoms with van der Waals surface area (Å²) in [5.74, 6) is 0.275. The average molecular weight is 539 g/mol. The lowest BCUT2D eigenvalue weighted by Crippen LogP contribution is -2.51. The number of aliphatic hydroxyl groups is 1. The van der Waals surface area contributed by atoms with Gasteiger partial charge in [-0.3, -0.25) is 4.79 Å². The molecule has 0 saturated carbocycles. The van der Waals surface area contributed by atoms with Gasteiger partial charge in [-0.15, -0.1) is 0 Å². The maximum Gasteiger partial charge on any atom is 0.252 e. The fraction of sp³-hybridized carbons (Fsp3) is 0.367. The van der Waals surface area contributed by atoms with Gasteiger partial charge < -0.3 is 15.2 Å². The normalized spacial score (nSPS) is 13.4. The molecule has 0 saturated heterocycles. The first-order valence-electron chi connectivity index (χ1n) is 12.8. The number of aliphatic hydroxyl groups excluding tert-OH is 1. The molecule has 1 unspecified atom stereocenters. The second-order valence-corrected chi connectivity index (χ2v) is 11.9. The Morgan fingerprint density at radius 2 is 1.53 bits per heavy atom. The van der Waals surface area contributed by atoms with E-state index >= 15 is 0 Å². The second-order valence-electron chi connectivity index (χ2n) is 10.00. The van der Waals surface area contributed by atoms with Crippen LogP contribution in [0.1, 0.15) is 40.9 Å². The SMILES string of the molecule is COc1ccc(S(=O)(=O)N(CC(C)C)CC(O)[C@H](Cc2ccccc2)NC(=O)c2c(C)cccc2C)cc1. The number of nitrogens with one attached hydrogen (secondary N) is 1. The van der Waals surface area contributed by atoms with Crippen LogP contribution in [0, 0.1) is 19.8 Å². The molecule has 8 heteroatoms. The number of rotatable bonds is 12. The molecule has 0 spiro atoms. The number of benzene rings is 3. The van der Waals surface area contributed by atoms with Crippen LogP contribution < -0.4 is 10.1 Å². The third-order valence-electron chi connectivity index (χ3n) is 6.44. The number of hydrogen-bond donors (Lipinski definition) is 2. The van der Waals surface area contributed by atoms with Crippen molar-refractivity contribution in [3.05, 3.63) is 95.1 Å². The minimum absolute atomic E-state index is 0.0204. The van der Waals surface area contributed by atoms with E-state index in [4.69, 9.17) is 4.74 Å². The summed E-state index contributed by atoms with van der Waals surface area (Å²) in [5.41, 5.74) is 3.15. The highest BCUT2D eigenvalue weighted by atomic mass is 32.2. The molecule has 3 aromatic carbocycles.